The van der Waals surface area contributed by atoms with Crippen LogP contribution < -0.4 is 15.5 Å². The van der Waals surface area contributed by atoms with Crippen molar-refractivity contribution in [2.45, 2.75) is 13.8 Å². The van der Waals surface area contributed by atoms with Crippen LogP contribution in [0.15, 0.2) is 12.1 Å². The van der Waals surface area contributed by atoms with Gasteiger partial charge in [0.15, 0.2) is 30.5 Å². The first kappa shape index (κ1) is 23.4. The summed E-state index contributed by atoms with van der Waals surface area (Å²) in [6, 6.07) is 1.60. The summed E-state index contributed by atoms with van der Waals surface area (Å²) in [4.78, 5) is 37.6. The van der Waals surface area contributed by atoms with Gasteiger partial charge in [-0.15, -0.1) is 11.3 Å². The maximum Gasteiger partial charge on any atom is 0.341 e. The number of halogens is 3. The number of likely N-dealkylation sites (N-methyl/N-ethyl adjacent to an activating group) is 1. The predicted octanol–water partition coefficient (Wildman–Crippen LogP) is 1.66. The van der Waals surface area contributed by atoms with Crippen molar-refractivity contribution >= 4 is 39.8 Å². The van der Waals surface area contributed by atoms with Gasteiger partial charge in [-0.3, -0.25) is 9.59 Å². The van der Waals surface area contributed by atoms with Gasteiger partial charge in [-0.1, -0.05) is 0 Å². The predicted molar refractivity (Wildman–Crippen MR) is 105 cm³/mol. The lowest BCUT2D eigenvalue weighted by atomic mass is 10.1. The third kappa shape index (κ3) is 5.36. The van der Waals surface area contributed by atoms with Crippen molar-refractivity contribution in [1.29, 1.82) is 0 Å². The molecule has 2 aromatic rings. The second-order valence-electron chi connectivity index (χ2n) is 6.61. The van der Waals surface area contributed by atoms with Crippen LogP contribution in [0, 0.1) is 31.3 Å². The third-order valence-corrected chi connectivity index (χ3v) is 5.38. The van der Waals surface area contributed by atoms with Crippen molar-refractivity contribution in [2.24, 2.45) is 0 Å². The largest absolute Gasteiger partial charge is 0.465 e. The maximum atomic E-state index is 13.6. The molecular weight excluding hydrogens is 423 g/mol. The normalized spacial score (nSPS) is 11.7. The van der Waals surface area contributed by atoms with E-state index in [0.29, 0.717) is 21.5 Å². The number of ether oxygens (including phenoxy) is 1. The zero-order valence-electron chi connectivity index (χ0n) is 16.7. The molecule has 0 aliphatic carbocycles. The summed E-state index contributed by atoms with van der Waals surface area (Å²) >= 11 is 1.23. The average molecular weight is 444 g/mol. The zero-order chi connectivity index (χ0) is 22.6. The molecule has 1 aromatic carbocycles. The van der Waals surface area contributed by atoms with Gasteiger partial charge in [0.2, 0.25) is 0 Å². The molecule has 1 heterocycles. The highest BCUT2D eigenvalue weighted by molar-refractivity contribution is 7.16. The molecule has 1 unspecified atom stereocenters. The Hall–Kier alpha value is -2.92. The van der Waals surface area contributed by atoms with E-state index in [9.17, 15) is 27.6 Å². The Labute approximate surface area is 174 Å². The molecule has 0 saturated heterocycles. The SMILES string of the molecule is COC(=O)c1c(NC(=O)C[NH+](C)CC(=O)Nc2ccc(F)c(F)c2F)sc(C)c1C. The van der Waals surface area contributed by atoms with Crippen LogP contribution in [0.4, 0.5) is 23.9 Å². The molecule has 7 nitrogen and oxygen atoms in total. The minimum atomic E-state index is -1.68. The van der Waals surface area contributed by atoms with Crippen molar-refractivity contribution in [3.8, 4) is 0 Å². The van der Waals surface area contributed by atoms with E-state index in [0.717, 1.165) is 10.9 Å². The number of hydrogen-bond donors (Lipinski definition) is 3. The molecule has 0 aliphatic rings. The number of aryl methyl sites for hydroxylation is 1. The van der Waals surface area contributed by atoms with Crippen LogP contribution in [0.5, 0.6) is 0 Å². The summed E-state index contributed by atoms with van der Waals surface area (Å²) in [5.41, 5.74) is 0.483. The lowest BCUT2D eigenvalue weighted by Gasteiger charge is -2.14. The topological polar surface area (TPSA) is 88.9 Å². The number of anilines is 2. The molecule has 1 aromatic heterocycles. The number of thiophene rings is 1. The third-order valence-electron chi connectivity index (χ3n) is 4.26. The molecule has 0 aliphatic heterocycles. The molecule has 0 saturated carbocycles. The summed E-state index contributed by atoms with van der Waals surface area (Å²) in [6.07, 6.45) is 0. The standard InChI is InChI=1S/C19H20F3N3O4S/c1-9-10(2)30-18(15(9)19(28)29-4)24-14(27)8-25(3)7-13(26)23-12-6-5-11(20)16(21)17(12)22/h5-6H,7-8H2,1-4H3,(H,23,26)(H,24,27)/p+1. The summed E-state index contributed by atoms with van der Waals surface area (Å²) in [6.45, 7) is 3.18. The molecule has 11 heteroatoms. The molecule has 2 amide bonds. The molecule has 162 valence electrons. The highest BCUT2D eigenvalue weighted by Gasteiger charge is 2.23. The Balaban J connectivity index is 1.97. The quantitative estimate of drug-likeness (QED) is 0.448. The van der Waals surface area contributed by atoms with Crippen molar-refractivity contribution in [2.75, 3.05) is 37.9 Å². The number of nitrogens with one attached hydrogen (secondary N) is 3. The fourth-order valence-electron chi connectivity index (χ4n) is 2.66. The van der Waals surface area contributed by atoms with Crippen LogP contribution in [-0.4, -0.2) is 45.0 Å². The molecule has 0 radical (unpaired) electrons. The van der Waals surface area contributed by atoms with E-state index in [4.69, 9.17) is 4.74 Å². The van der Waals surface area contributed by atoms with Gasteiger partial charge in [0.05, 0.1) is 25.4 Å². The van der Waals surface area contributed by atoms with Crippen LogP contribution in [0.2, 0.25) is 0 Å². The summed E-state index contributed by atoms with van der Waals surface area (Å²) in [7, 11) is 2.79. The zero-order valence-corrected chi connectivity index (χ0v) is 17.6. The van der Waals surface area contributed by atoms with E-state index in [1.54, 1.807) is 20.9 Å². The molecule has 30 heavy (non-hydrogen) atoms. The van der Waals surface area contributed by atoms with Crippen molar-refractivity contribution in [1.82, 2.24) is 0 Å². The molecule has 0 fully saturated rings. The summed E-state index contributed by atoms with van der Waals surface area (Å²) in [5.74, 6) is -6.27. The number of quaternary nitrogens is 1. The Kier molecular flexibility index (Phi) is 7.57. The van der Waals surface area contributed by atoms with Gasteiger partial charge in [-0.2, -0.15) is 0 Å². The van der Waals surface area contributed by atoms with Crippen molar-refractivity contribution in [3.63, 3.8) is 0 Å². The van der Waals surface area contributed by atoms with Crippen molar-refractivity contribution < 1.29 is 37.2 Å². The molecule has 3 N–H and O–H groups in total. The fraction of sp³-hybridized carbons (Fsp3) is 0.316. The van der Waals surface area contributed by atoms with E-state index in [-0.39, 0.29) is 18.7 Å². The van der Waals surface area contributed by atoms with Crippen LogP contribution in [0.1, 0.15) is 20.8 Å². The molecule has 1 atom stereocenters. The Morgan fingerprint density at radius 3 is 2.23 bits per heavy atom. The van der Waals surface area contributed by atoms with E-state index in [2.05, 4.69) is 10.6 Å². The molecule has 0 spiro atoms. The Morgan fingerprint density at radius 2 is 1.63 bits per heavy atom. The lowest BCUT2D eigenvalue weighted by molar-refractivity contribution is -0.862. The monoisotopic (exact) mass is 444 g/mol. The summed E-state index contributed by atoms with van der Waals surface area (Å²) in [5, 5.41) is 5.13. The molecule has 0 bridgehead atoms. The second kappa shape index (κ2) is 9.72. The van der Waals surface area contributed by atoms with Crippen LogP contribution >= 0.6 is 11.3 Å². The average Bonchev–Trinajstić information content (AvgIpc) is 2.94. The van der Waals surface area contributed by atoms with Gasteiger partial charge in [0.1, 0.15) is 5.00 Å². The first-order valence-electron chi connectivity index (χ1n) is 8.77. The molecular formula is C19H21F3N3O4S+. The minimum absolute atomic E-state index is 0.135. The summed E-state index contributed by atoms with van der Waals surface area (Å²) < 4.78 is 44.6. The molecule has 2 rings (SSSR count). The smallest absolute Gasteiger partial charge is 0.341 e. The van der Waals surface area contributed by atoms with Crippen LogP contribution in [0.3, 0.4) is 0 Å². The number of methoxy groups -OCH3 is 1. The fourth-order valence-corrected chi connectivity index (χ4v) is 3.73. The van der Waals surface area contributed by atoms with E-state index in [1.807, 2.05) is 0 Å². The number of carbonyl (C=O) groups excluding carboxylic acids is 3. The number of esters is 1. The maximum absolute atomic E-state index is 13.6. The van der Waals surface area contributed by atoms with E-state index < -0.39 is 40.9 Å². The van der Waals surface area contributed by atoms with Crippen LogP contribution in [-0.2, 0) is 14.3 Å². The number of hydrogen-bond acceptors (Lipinski definition) is 5. The Bertz CT molecular complexity index is 994. The van der Waals surface area contributed by atoms with Crippen molar-refractivity contribution in [3.05, 3.63) is 45.6 Å². The van der Waals surface area contributed by atoms with Gasteiger partial charge in [-0.05, 0) is 31.5 Å². The second-order valence-corrected chi connectivity index (χ2v) is 7.83. The van der Waals surface area contributed by atoms with Gasteiger partial charge in [0.25, 0.3) is 11.8 Å². The highest BCUT2D eigenvalue weighted by Crippen LogP contribution is 2.32. The number of carbonyl (C=O) groups is 3. The minimum Gasteiger partial charge on any atom is -0.465 e. The number of amides is 2. The first-order chi connectivity index (χ1) is 14.0. The van der Waals surface area contributed by atoms with E-state index in [1.165, 1.54) is 18.4 Å². The van der Waals surface area contributed by atoms with Crippen LogP contribution in [0.25, 0.3) is 0 Å². The van der Waals surface area contributed by atoms with Gasteiger partial charge in [0, 0.05) is 4.88 Å². The van der Waals surface area contributed by atoms with Gasteiger partial charge < -0.3 is 20.3 Å². The van der Waals surface area contributed by atoms with Gasteiger partial charge in [-0.25, -0.2) is 18.0 Å². The highest BCUT2D eigenvalue weighted by atomic mass is 32.1. The Morgan fingerprint density at radius 1 is 1.03 bits per heavy atom. The first-order valence-corrected chi connectivity index (χ1v) is 9.59. The van der Waals surface area contributed by atoms with E-state index >= 15 is 0 Å². The van der Waals surface area contributed by atoms with Gasteiger partial charge >= 0.3 is 5.97 Å². The number of benzene rings is 1. The lowest BCUT2D eigenvalue weighted by Crippen LogP contribution is -3.11. The number of rotatable bonds is 7.